The maximum Gasteiger partial charge on any atom is 0.335 e. The first-order chi connectivity index (χ1) is 16.0. The summed E-state index contributed by atoms with van der Waals surface area (Å²) in [5, 5.41) is 2.18. The minimum atomic E-state index is -0.851. The smallest absolute Gasteiger partial charge is 0.335 e. The lowest BCUT2D eigenvalue weighted by atomic mass is 10.1. The molecule has 1 saturated heterocycles. The van der Waals surface area contributed by atoms with Crippen molar-refractivity contribution in [2.75, 3.05) is 12.0 Å². The van der Waals surface area contributed by atoms with Crippen molar-refractivity contribution in [1.82, 2.24) is 5.32 Å². The molecule has 0 aromatic heterocycles. The molecule has 8 heteroatoms. The molecule has 4 amide bonds. The molecule has 0 radical (unpaired) electrons. The van der Waals surface area contributed by atoms with Crippen LogP contribution in [-0.4, -0.2) is 25.0 Å². The van der Waals surface area contributed by atoms with Crippen molar-refractivity contribution < 1.29 is 28.2 Å². The zero-order valence-electron chi connectivity index (χ0n) is 17.6. The lowest BCUT2D eigenvalue weighted by Gasteiger charge is -2.26. The van der Waals surface area contributed by atoms with Crippen molar-refractivity contribution >= 4 is 29.6 Å². The van der Waals surface area contributed by atoms with Gasteiger partial charge in [0.2, 0.25) is 0 Å². The van der Waals surface area contributed by atoms with E-state index in [0.29, 0.717) is 22.6 Å². The zero-order chi connectivity index (χ0) is 23.4. The van der Waals surface area contributed by atoms with Gasteiger partial charge in [0.15, 0.2) is 0 Å². The molecule has 0 unspecified atom stereocenters. The third-order valence-corrected chi connectivity index (χ3v) is 4.99. The van der Waals surface area contributed by atoms with Crippen molar-refractivity contribution in [3.63, 3.8) is 0 Å². The topological polar surface area (TPSA) is 84.9 Å². The number of nitrogens with zero attached hydrogens (tertiary/aromatic N) is 1. The molecule has 0 aliphatic carbocycles. The number of carbonyl (C=O) groups excluding carboxylic acids is 3. The summed E-state index contributed by atoms with van der Waals surface area (Å²) in [5.74, 6) is -1.10. The summed E-state index contributed by atoms with van der Waals surface area (Å²) in [6, 6.07) is 18.4. The highest BCUT2D eigenvalue weighted by Crippen LogP contribution is 2.27. The molecule has 1 aliphatic rings. The van der Waals surface area contributed by atoms with E-state index in [-0.39, 0.29) is 17.9 Å². The number of hydrogen-bond donors (Lipinski definition) is 1. The van der Waals surface area contributed by atoms with E-state index in [1.165, 1.54) is 31.4 Å². The fourth-order valence-corrected chi connectivity index (χ4v) is 3.28. The van der Waals surface area contributed by atoms with Crippen molar-refractivity contribution in [3.8, 4) is 11.5 Å². The first-order valence-corrected chi connectivity index (χ1v) is 9.98. The van der Waals surface area contributed by atoms with Gasteiger partial charge in [-0.1, -0.05) is 36.4 Å². The van der Waals surface area contributed by atoms with Crippen LogP contribution in [0, 0.1) is 5.82 Å². The van der Waals surface area contributed by atoms with Gasteiger partial charge in [0.05, 0.1) is 12.8 Å². The number of rotatable bonds is 6. The predicted octanol–water partition coefficient (Wildman–Crippen LogP) is 4.08. The molecule has 0 saturated carbocycles. The Labute approximate surface area is 189 Å². The SMILES string of the molecule is COc1ccc(N2C(=O)NC(=O)/C(=C\c3ccccc3OCc3ccccc3F)C2=O)cc1. The molecule has 1 N–H and O–H groups in total. The Kier molecular flexibility index (Phi) is 6.17. The molecule has 3 aromatic carbocycles. The highest BCUT2D eigenvalue weighted by molar-refractivity contribution is 6.39. The number of carbonyl (C=O) groups is 3. The van der Waals surface area contributed by atoms with E-state index >= 15 is 0 Å². The second kappa shape index (κ2) is 9.35. The average molecular weight is 446 g/mol. The lowest BCUT2D eigenvalue weighted by molar-refractivity contribution is -0.122. The van der Waals surface area contributed by atoms with Gasteiger partial charge >= 0.3 is 6.03 Å². The van der Waals surface area contributed by atoms with Gasteiger partial charge in [-0.3, -0.25) is 14.9 Å². The third kappa shape index (κ3) is 4.59. The maximum absolute atomic E-state index is 13.9. The van der Waals surface area contributed by atoms with Gasteiger partial charge in [0, 0.05) is 11.1 Å². The number of imide groups is 2. The molecule has 0 atom stereocenters. The van der Waals surface area contributed by atoms with Crippen LogP contribution in [0.2, 0.25) is 0 Å². The van der Waals surface area contributed by atoms with E-state index in [1.54, 1.807) is 54.6 Å². The quantitative estimate of drug-likeness (QED) is 0.456. The van der Waals surface area contributed by atoms with Crippen molar-refractivity contribution in [1.29, 1.82) is 0 Å². The average Bonchev–Trinajstić information content (AvgIpc) is 2.82. The van der Waals surface area contributed by atoms with E-state index in [1.807, 2.05) is 0 Å². The largest absolute Gasteiger partial charge is 0.497 e. The maximum atomic E-state index is 13.9. The molecule has 1 fully saturated rings. The van der Waals surface area contributed by atoms with E-state index in [2.05, 4.69) is 5.32 Å². The number of amides is 4. The number of halogens is 1. The number of hydrogen-bond acceptors (Lipinski definition) is 5. The van der Waals surface area contributed by atoms with Gasteiger partial charge in [-0.05, 0) is 42.5 Å². The molecule has 166 valence electrons. The van der Waals surface area contributed by atoms with Crippen LogP contribution in [0.1, 0.15) is 11.1 Å². The Balaban J connectivity index is 1.63. The van der Waals surface area contributed by atoms with E-state index in [0.717, 1.165) is 4.90 Å². The molecule has 4 rings (SSSR count). The molecule has 7 nitrogen and oxygen atoms in total. The van der Waals surface area contributed by atoms with Gasteiger partial charge in [0.25, 0.3) is 11.8 Å². The van der Waals surface area contributed by atoms with Crippen LogP contribution in [0.4, 0.5) is 14.9 Å². The highest BCUT2D eigenvalue weighted by atomic mass is 19.1. The zero-order valence-corrected chi connectivity index (χ0v) is 17.6. The van der Waals surface area contributed by atoms with Crippen LogP contribution in [0.15, 0.2) is 78.4 Å². The fourth-order valence-electron chi connectivity index (χ4n) is 3.28. The number of para-hydroxylation sites is 1. The minimum absolute atomic E-state index is 0.0382. The van der Waals surface area contributed by atoms with Crippen LogP contribution in [0.5, 0.6) is 11.5 Å². The fraction of sp³-hybridized carbons (Fsp3) is 0.0800. The molecule has 0 bridgehead atoms. The van der Waals surface area contributed by atoms with Crippen molar-refractivity contribution in [2.24, 2.45) is 0 Å². The number of methoxy groups -OCH3 is 1. The summed E-state index contributed by atoms with van der Waals surface area (Å²) in [7, 11) is 1.50. The summed E-state index contributed by atoms with van der Waals surface area (Å²) in [4.78, 5) is 38.8. The monoisotopic (exact) mass is 446 g/mol. The van der Waals surface area contributed by atoms with Gasteiger partial charge < -0.3 is 9.47 Å². The van der Waals surface area contributed by atoms with Gasteiger partial charge in [-0.25, -0.2) is 14.1 Å². The van der Waals surface area contributed by atoms with E-state index < -0.39 is 23.7 Å². The Morgan fingerprint density at radius 2 is 1.64 bits per heavy atom. The number of anilines is 1. The Morgan fingerprint density at radius 1 is 0.939 bits per heavy atom. The highest BCUT2D eigenvalue weighted by Gasteiger charge is 2.37. The number of barbiturate groups is 1. The second-order valence-corrected chi connectivity index (χ2v) is 7.07. The predicted molar refractivity (Wildman–Crippen MR) is 119 cm³/mol. The van der Waals surface area contributed by atoms with Gasteiger partial charge in [0.1, 0.15) is 29.5 Å². The Bertz CT molecular complexity index is 1250. The van der Waals surface area contributed by atoms with Gasteiger partial charge in [-0.2, -0.15) is 0 Å². The molecular weight excluding hydrogens is 427 g/mol. The van der Waals surface area contributed by atoms with E-state index in [9.17, 15) is 18.8 Å². The Hall–Kier alpha value is -4.46. The first kappa shape index (κ1) is 21.8. The number of benzene rings is 3. The van der Waals surface area contributed by atoms with Crippen molar-refractivity contribution in [3.05, 3.63) is 95.3 Å². The first-order valence-electron chi connectivity index (χ1n) is 9.98. The second-order valence-electron chi connectivity index (χ2n) is 7.07. The van der Waals surface area contributed by atoms with E-state index in [4.69, 9.17) is 9.47 Å². The number of ether oxygens (including phenoxy) is 2. The lowest BCUT2D eigenvalue weighted by Crippen LogP contribution is -2.54. The molecule has 3 aromatic rings. The normalized spacial score (nSPS) is 14.9. The molecule has 33 heavy (non-hydrogen) atoms. The van der Waals surface area contributed by atoms with Crippen LogP contribution < -0.4 is 19.7 Å². The minimum Gasteiger partial charge on any atom is -0.497 e. The summed E-state index contributed by atoms with van der Waals surface area (Å²) in [6.07, 6.45) is 1.34. The molecule has 0 spiro atoms. The number of urea groups is 1. The van der Waals surface area contributed by atoms with Crippen LogP contribution in [0.3, 0.4) is 0 Å². The molecule has 1 aliphatic heterocycles. The van der Waals surface area contributed by atoms with Crippen LogP contribution >= 0.6 is 0 Å². The van der Waals surface area contributed by atoms with Gasteiger partial charge in [-0.15, -0.1) is 0 Å². The van der Waals surface area contributed by atoms with Crippen LogP contribution in [0.25, 0.3) is 6.08 Å². The summed E-state index contributed by atoms with van der Waals surface area (Å²) in [5.41, 5.74) is 0.826. The molecular formula is C25H19FN2O5. The summed E-state index contributed by atoms with van der Waals surface area (Å²) in [6.45, 7) is -0.0382. The Morgan fingerprint density at radius 3 is 2.36 bits per heavy atom. The third-order valence-electron chi connectivity index (χ3n) is 4.99. The van der Waals surface area contributed by atoms with Crippen LogP contribution in [-0.2, 0) is 16.2 Å². The number of nitrogens with one attached hydrogen (secondary N) is 1. The standard InChI is InChI=1S/C25H19FN2O5/c1-32-19-12-10-18(11-13-19)28-24(30)20(23(29)27-25(28)31)14-16-6-3-5-9-22(16)33-15-17-7-2-4-8-21(17)26/h2-14H,15H2,1H3,(H,27,29,31)/b20-14+. The summed E-state index contributed by atoms with van der Waals surface area (Å²) >= 11 is 0. The molecule has 1 heterocycles. The summed E-state index contributed by atoms with van der Waals surface area (Å²) < 4.78 is 24.8. The van der Waals surface area contributed by atoms with Crippen molar-refractivity contribution in [2.45, 2.75) is 6.61 Å².